The van der Waals surface area contributed by atoms with E-state index in [4.69, 9.17) is 29.6 Å². The zero-order chi connectivity index (χ0) is 15.6. The molecule has 0 aliphatic rings. The van der Waals surface area contributed by atoms with Crippen molar-refractivity contribution in [2.75, 3.05) is 4.72 Å². The SMILES string of the molecule is Cc1ccc(NS(=O)(=O)c2ccc(C(N)=S)c(Cl)c2)cc1. The summed E-state index contributed by atoms with van der Waals surface area (Å²) in [5.41, 5.74) is 7.46. The molecule has 0 aliphatic heterocycles. The molecule has 0 bridgehead atoms. The molecular weight excluding hydrogens is 328 g/mol. The zero-order valence-corrected chi connectivity index (χ0v) is 13.5. The Labute approximate surface area is 134 Å². The van der Waals surface area contributed by atoms with E-state index in [0.717, 1.165) is 5.56 Å². The molecule has 110 valence electrons. The van der Waals surface area contributed by atoms with Gasteiger partial charge in [0.1, 0.15) is 4.99 Å². The summed E-state index contributed by atoms with van der Waals surface area (Å²) in [5, 5.41) is 0.203. The van der Waals surface area contributed by atoms with Gasteiger partial charge in [0.25, 0.3) is 10.0 Å². The minimum atomic E-state index is -3.71. The first-order valence-corrected chi connectivity index (χ1v) is 8.25. The van der Waals surface area contributed by atoms with Crippen molar-refractivity contribution >= 4 is 44.5 Å². The van der Waals surface area contributed by atoms with Crippen molar-refractivity contribution < 1.29 is 8.42 Å². The van der Waals surface area contributed by atoms with Crippen LogP contribution in [0.1, 0.15) is 11.1 Å². The Balaban J connectivity index is 2.33. The van der Waals surface area contributed by atoms with Crippen LogP contribution in [0.2, 0.25) is 5.02 Å². The molecule has 0 atom stereocenters. The number of hydrogen-bond acceptors (Lipinski definition) is 3. The van der Waals surface area contributed by atoms with E-state index >= 15 is 0 Å². The molecule has 0 amide bonds. The summed E-state index contributed by atoms with van der Waals surface area (Å²) in [6.07, 6.45) is 0. The van der Waals surface area contributed by atoms with E-state index in [2.05, 4.69) is 4.72 Å². The van der Waals surface area contributed by atoms with Gasteiger partial charge in [-0.25, -0.2) is 8.42 Å². The number of sulfonamides is 1. The highest BCUT2D eigenvalue weighted by Crippen LogP contribution is 2.23. The highest BCUT2D eigenvalue weighted by Gasteiger charge is 2.16. The zero-order valence-electron chi connectivity index (χ0n) is 11.1. The first kappa shape index (κ1) is 15.8. The van der Waals surface area contributed by atoms with Gasteiger partial charge >= 0.3 is 0 Å². The molecule has 0 saturated heterocycles. The summed E-state index contributed by atoms with van der Waals surface area (Å²) >= 11 is 10.8. The van der Waals surface area contributed by atoms with Gasteiger partial charge in [0.2, 0.25) is 0 Å². The van der Waals surface area contributed by atoms with Crippen LogP contribution in [0.5, 0.6) is 0 Å². The Kier molecular flexibility index (Phi) is 4.51. The van der Waals surface area contributed by atoms with Gasteiger partial charge in [-0.05, 0) is 37.3 Å². The number of nitrogens with one attached hydrogen (secondary N) is 1. The van der Waals surface area contributed by atoms with E-state index in [-0.39, 0.29) is 14.9 Å². The number of rotatable bonds is 4. The Morgan fingerprint density at radius 1 is 1.19 bits per heavy atom. The number of halogens is 1. The molecule has 2 rings (SSSR count). The van der Waals surface area contributed by atoms with Gasteiger partial charge in [-0.3, -0.25) is 4.72 Å². The Morgan fingerprint density at radius 2 is 1.81 bits per heavy atom. The minimum Gasteiger partial charge on any atom is -0.389 e. The molecule has 0 heterocycles. The smallest absolute Gasteiger partial charge is 0.261 e. The van der Waals surface area contributed by atoms with Crippen molar-refractivity contribution in [3.63, 3.8) is 0 Å². The Bertz CT molecular complexity index is 787. The number of thiocarbonyl (C=S) groups is 1. The lowest BCUT2D eigenvalue weighted by atomic mass is 10.2. The molecule has 0 fully saturated rings. The molecule has 0 unspecified atom stereocenters. The second-order valence-electron chi connectivity index (χ2n) is 4.48. The van der Waals surface area contributed by atoms with Crippen LogP contribution in [-0.4, -0.2) is 13.4 Å². The van der Waals surface area contributed by atoms with Crippen LogP contribution in [0.3, 0.4) is 0 Å². The second kappa shape index (κ2) is 6.01. The van der Waals surface area contributed by atoms with Crippen LogP contribution in [0.25, 0.3) is 0 Å². The number of benzene rings is 2. The van der Waals surface area contributed by atoms with Gasteiger partial charge in [0, 0.05) is 11.3 Å². The van der Waals surface area contributed by atoms with Crippen LogP contribution in [-0.2, 0) is 10.0 Å². The number of aryl methyl sites for hydroxylation is 1. The first-order valence-electron chi connectivity index (χ1n) is 5.98. The van der Waals surface area contributed by atoms with Crippen LogP contribution in [0, 0.1) is 6.92 Å². The lowest BCUT2D eigenvalue weighted by Crippen LogP contribution is -2.14. The monoisotopic (exact) mass is 340 g/mol. The van der Waals surface area contributed by atoms with Crippen molar-refractivity contribution in [1.82, 2.24) is 0 Å². The molecule has 21 heavy (non-hydrogen) atoms. The predicted molar refractivity (Wildman–Crippen MR) is 89.3 cm³/mol. The average Bonchev–Trinajstić information content (AvgIpc) is 2.40. The maximum absolute atomic E-state index is 12.3. The van der Waals surface area contributed by atoms with Gasteiger partial charge in [-0.2, -0.15) is 0 Å². The maximum Gasteiger partial charge on any atom is 0.261 e. The van der Waals surface area contributed by atoms with Crippen molar-refractivity contribution in [3.8, 4) is 0 Å². The molecule has 4 nitrogen and oxygen atoms in total. The van der Waals surface area contributed by atoms with Crippen molar-refractivity contribution in [3.05, 3.63) is 58.6 Å². The van der Waals surface area contributed by atoms with Crippen molar-refractivity contribution in [2.45, 2.75) is 11.8 Å². The summed E-state index contributed by atoms with van der Waals surface area (Å²) in [6.45, 7) is 1.92. The molecule has 2 aromatic carbocycles. The van der Waals surface area contributed by atoms with Crippen LogP contribution >= 0.6 is 23.8 Å². The van der Waals surface area contributed by atoms with Gasteiger partial charge in [-0.15, -0.1) is 0 Å². The summed E-state index contributed by atoms with van der Waals surface area (Å²) in [7, 11) is -3.71. The Morgan fingerprint density at radius 3 is 2.33 bits per heavy atom. The van der Waals surface area contributed by atoms with Crippen molar-refractivity contribution in [1.29, 1.82) is 0 Å². The predicted octanol–water partition coefficient (Wildman–Crippen LogP) is 3.08. The average molecular weight is 341 g/mol. The van der Waals surface area contributed by atoms with Crippen LogP contribution in [0.4, 0.5) is 5.69 Å². The number of hydrogen-bond donors (Lipinski definition) is 2. The Hall–Kier alpha value is -1.63. The molecule has 0 aromatic heterocycles. The standard InChI is InChI=1S/C14H13ClN2O2S2/c1-9-2-4-10(5-3-9)17-21(18,19)11-6-7-12(14(16)20)13(15)8-11/h2-8,17H,1H3,(H2,16,20). The number of nitrogens with two attached hydrogens (primary N) is 1. The van der Waals surface area contributed by atoms with E-state index in [1.54, 1.807) is 12.1 Å². The number of anilines is 1. The first-order chi connectivity index (χ1) is 9.79. The summed E-state index contributed by atoms with van der Waals surface area (Å²) in [6, 6.07) is 11.3. The van der Waals surface area contributed by atoms with Crippen LogP contribution < -0.4 is 10.5 Å². The second-order valence-corrected chi connectivity index (χ2v) is 7.01. The fourth-order valence-electron chi connectivity index (χ4n) is 1.70. The topological polar surface area (TPSA) is 72.2 Å². The van der Waals surface area contributed by atoms with E-state index < -0.39 is 10.0 Å². The fraction of sp³-hybridized carbons (Fsp3) is 0.0714. The van der Waals surface area contributed by atoms with Gasteiger partial charge < -0.3 is 5.73 Å². The quantitative estimate of drug-likeness (QED) is 0.839. The molecule has 0 aliphatic carbocycles. The van der Waals surface area contributed by atoms with Gasteiger partial charge in [-0.1, -0.05) is 41.5 Å². The summed E-state index contributed by atoms with van der Waals surface area (Å²) in [5.74, 6) is 0. The summed E-state index contributed by atoms with van der Waals surface area (Å²) < 4.78 is 27.1. The van der Waals surface area contributed by atoms with Gasteiger partial charge in [0.05, 0.1) is 9.92 Å². The molecule has 3 N–H and O–H groups in total. The lowest BCUT2D eigenvalue weighted by molar-refractivity contribution is 0.601. The lowest BCUT2D eigenvalue weighted by Gasteiger charge is -2.10. The maximum atomic E-state index is 12.3. The van der Waals surface area contributed by atoms with E-state index in [1.807, 2.05) is 19.1 Å². The third-order valence-electron chi connectivity index (χ3n) is 2.82. The normalized spacial score (nSPS) is 11.1. The highest BCUT2D eigenvalue weighted by atomic mass is 35.5. The largest absolute Gasteiger partial charge is 0.389 e. The fourth-order valence-corrected chi connectivity index (χ4v) is 3.36. The summed E-state index contributed by atoms with van der Waals surface area (Å²) in [4.78, 5) is 0.170. The van der Waals surface area contributed by atoms with Crippen molar-refractivity contribution in [2.24, 2.45) is 5.73 Å². The molecule has 0 spiro atoms. The van der Waals surface area contributed by atoms with E-state index in [1.165, 1.54) is 18.2 Å². The third kappa shape index (κ3) is 3.72. The molecule has 7 heteroatoms. The van der Waals surface area contributed by atoms with Gasteiger partial charge in [0.15, 0.2) is 0 Å². The molecule has 2 aromatic rings. The molecule has 0 radical (unpaired) electrons. The van der Waals surface area contributed by atoms with E-state index in [0.29, 0.717) is 11.3 Å². The third-order valence-corrected chi connectivity index (χ3v) is 4.73. The molecular formula is C14H13ClN2O2S2. The van der Waals surface area contributed by atoms with Crippen LogP contribution in [0.15, 0.2) is 47.4 Å². The highest BCUT2D eigenvalue weighted by molar-refractivity contribution is 7.92. The minimum absolute atomic E-state index is 0.0491. The van der Waals surface area contributed by atoms with E-state index in [9.17, 15) is 8.42 Å². The molecule has 0 saturated carbocycles.